The Labute approximate surface area is 144 Å². The van der Waals surface area contributed by atoms with Gasteiger partial charge in [0, 0.05) is 25.0 Å². The van der Waals surface area contributed by atoms with Gasteiger partial charge < -0.3 is 14.3 Å². The van der Waals surface area contributed by atoms with E-state index < -0.39 is 8.32 Å². The predicted molar refractivity (Wildman–Crippen MR) is 93.3 cm³/mol. The lowest BCUT2D eigenvalue weighted by Crippen LogP contribution is -2.45. The topological polar surface area (TPSA) is 64.5 Å². The van der Waals surface area contributed by atoms with Gasteiger partial charge in [-0.15, -0.1) is 0 Å². The molecule has 0 aromatic carbocycles. The van der Waals surface area contributed by atoms with Crippen molar-refractivity contribution in [2.45, 2.75) is 64.0 Å². The average molecular weight is 359 g/mol. The van der Waals surface area contributed by atoms with Gasteiger partial charge in [0.05, 0.1) is 6.10 Å². The Balaban J connectivity index is 2.03. The average Bonchev–Trinajstić information content (AvgIpc) is 2.78. The number of ether oxygens (including phenoxy) is 1. The molecule has 1 aromatic rings. The summed E-state index contributed by atoms with van der Waals surface area (Å²) in [6.45, 7) is 11.3. The minimum atomic E-state index is -1.87. The molecule has 130 valence electrons. The summed E-state index contributed by atoms with van der Waals surface area (Å²) in [5.74, 6) is 0.575. The molecule has 5 nitrogen and oxygen atoms in total. The molecule has 3 atom stereocenters. The smallest absolute Gasteiger partial charge is 0.218 e. The molecule has 1 aliphatic rings. The molecule has 1 aliphatic carbocycles. The fourth-order valence-corrected chi connectivity index (χ4v) is 4.11. The van der Waals surface area contributed by atoms with Gasteiger partial charge in [0.15, 0.2) is 8.32 Å². The van der Waals surface area contributed by atoms with E-state index in [1.165, 1.54) is 6.33 Å². The van der Waals surface area contributed by atoms with Crippen LogP contribution in [0.3, 0.4) is 0 Å². The molecule has 7 heteroatoms. The highest BCUT2D eigenvalue weighted by molar-refractivity contribution is 6.74. The van der Waals surface area contributed by atoms with Crippen LogP contribution in [0.2, 0.25) is 23.3 Å². The first kappa shape index (κ1) is 18.6. The summed E-state index contributed by atoms with van der Waals surface area (Å²) in [6.07, 6.45) is 2.92. The first-order valence-electron chi connectivity index (χ1n) is 8.05. The Morgan fingerprint density at radius 2 is 2.00 bits per heavy atom. The van der Waals surface area contributed by atoms with E-state index in [1.807, 2.05) is 0 Å². The zero-order valence-electron chi connectivity index (χ0n) is 14.5. The lowest BCUT2D eigenvalue weighted by molar-refractivity contribution is 0.0971. The second-order valence-corrected chi connectivity index (χ2v) is 12.9. The third-order valence-electron chi connectivity index (χ3n) is 4.97. The summed E-state index contributed by atoms with van der Waals surface area (Å²) in [5, 5.41) is 10.2. The molecule has 0 bridgehead atoms. The molecule has 1 N–H and O–H groups in total. The van der Waals surface area contributed by atoms with Crippen LogP contribution in [-0.2, 0) is 4.43 Å². The Hall–Kier alpha value is -0.693. The maximum Gasteiger partial charge on any atom is 0.218 e. The van der Waals surface area contributed by atoms with Crippen LogP contribution in [-0.4, -0.2) is 42.2 Å². The number of nitrogens with zero attached hydrogens (tertiary/aromatic N) is 2. The molecule has 23 heavy (non-hydrogen) atoms. The molecule has 0 amide bonds. The molecule has 1 saturated carbocycles. The van der Waals surface area contributed by atoms with Crippen molar-refractivity contribution in [1.82, 2.24) is 9.97 Å². The van der Waals surface area contributed by atoms with Gasteiger partial charge in [-0.25, -0.2) is 9.97 Å². The first-order chi connectivity index (χ1) is 10.6. The van der Waals surface area contributed by atoms with Crippen LogP contribution >= 0.6 is 11.6 Å². The van der Waals surface area contributed by atoms with Crippen molar-refractivity contribution in [2.75, 3.05) is 6.61 Å². The third-order valence-corrected chi connectivity index (χ3v) is 9.68. The Morgan fingerprint density at radius 1 is 1.30 bits per heavy atom. The standard InChI is InChI=1S/C16H27ClN2O3Si/c1-16(2,3)23(4,5)22-13-7-12(6-11(13)9-20)21-15-8-14(17)18-10-19-15/h8,10-13,20H,6-7,9H2,1-5H3/t11-,12+,13+/m0/s1. The van der Waals surface area contributed by atoms with Gasteiger partial charge in [0.25, 0.3) is 0 Å². The summed E-state index contributed by atoms with van der Waals surface area (Å²) in [5.41, 5.74) is 0. The monoisotopic (exact) mass is 358 g/mol. The molecule has 1 aromatic heterocycles. The van der Waals surface area contributed by atoms with E-state index in [-0.39, 0.29) is 29.8 Å². The number of aliphatic hydroxyl groups excluding tert-OH is 1. The maximum atomic E-state index is 9.70. The Bertz CT molecular complexity index is 536. The van der Waals surface area contributed by atoms with Crippen LogP contribution < -0.4 is 4.74 Å². The third kappa shape index (κ3) is 4.65. The molecule has 1 fully saturated rings. The number of aromatic nitrogens is 2. The highest BCUT2D eigenvalue weighted by Crippen LogP contribution is 2.41. The number of rotatable bonds is 5. The van der Waals surface area contributed by atoms with Crippen LogP contribution in [0.25, 0.3) is 0 Å². The van der Waals surface area contributed by atoms with Crippen LogP contribution in [0.15, 0.2) is 12.4 Å². The summed E-state index contributed by atoms with van der Waals surface area (Å²) in [6, 6.07) is 1.61. The normalized spacial score (nSPS) is 25.6. The molecule has 0 spiro atoms. The van der Waals surface area contributed by atoms with Crippen molar-refractivity contribution in [2.24, 2.45) is 5.92 Å². The second kappa shape index (κ2) is 7.05. The lowest BCUT2D eigenvalue weighted by Gasteiger charge is -2.39. The van der Waals surface area contributed by atoms with Gasteiger partial charge in [-0.1, -0.05) is 32.4 Å². The number of halogens is 1. The summed E-state index contributed by atoms with van der Waals surface area (Å²) >= 11 is 5.86. The second-order valence-electron chi connectivity index (χ2n) is 7.75. The van der Waals surface area contributed by atoms with Gasteiger partial charge >= 0.3 is 0 Å². The Morgan fingerprint density at radius 3 is 2.57 bits per heavy atom. The van der Waals surface area contributed by atoms with Crippen molar-refractivity contribution in [1.29, 1.82) is 0 Å². The van der Waals surface area contributed by atoms with E-state index >= 15 is 0 Å². The van der Waals surface area contributed by atoms with E-state index in [9.17, 15) is 5.11 Å². The summed E-state index contributed by atoms with van der Waals surface area (Å²) < 4.78 is 12.4. The maximum absolute atomic E-state index is 9.70. The molecule has 0 radical (unpaired) electrons. The molecule has 0 aliphatic heterocycles. The van der Waals surface area contributed by atoms with Crippen LogP contribution in [0, 0.1) is 5.92 Å². The zero-order valence-corrected chi connectivity index (χ0v) is 16.3. The molecular formula is C16H27ClN2O3Si. The largest absolute Gasteiger partial charge is 0.474 e. The number of hydrogen-bond donors (Lipinski definition) is 1. The fraction of sp³-hybridized carbons (Fsp3) is 0.750. The van der Waals surface area contributed by atoms with E-state index in [4.69, 9.17) is 20.8 Å². The highest BCUT2D eigenvalue weighted by atomic mass is 35.5. The molecule has 2 rings (SSSR count). The van der Waals surface area contributed by atoms with Gasteiger partial charge in [-0.05, 0) is 24.6 Å². The van der Waals surface area contributed by atoms with E-state index in [2.05, 4.69) is 43.8 Å². The van der Waals surface area contributed by atoms with Gasteiger partial charge in [0.2, 0.25) is 5.88 Å². The molecule has 0 saturated heterocycles. The fourth-order valence-electron chi connectivity index (χ4n) is 2.58. The number of aliphatic hydroxyl groups is 1. The van der Waals surface area contributed by atoms with E-state index in [0.717, 1.165) is 12.8 Å². The summed E-state index contributed by atoms with van der Waals surface area (Å²) in [4.78, 5) is 7.93. The number of hydrogen-bond acceptors (Lipinski definition) is 5. The van der Waals surface area contributed by atoms with Gasteiger partial charge in [-0.3, -0.25) is 0 Å². The van der Waals surface area contributed by atoms with Crippen molar-refractivity contribution >= 4 is 19.9 Å². The Kier molecular flexibility index (Phi) is 5.71. The highest BCUT2D eigenvalue weighted by Gasteiger charge is 2.44. The van der Waals surface area contributed by atoms with Crippen molar-refractivity contribution in [3.63, 3.8) is 0 Å². The molecule has 0 unspecified atom stereocenters. The minimum absolute atomic E-state index is 0.0205. The minimum Gasteiger partial charge on any atom is -0.474 e. The molecular weight excluding hydrogens is 332 g/mol. The summed E-state index contributed by atoms with van der Waals surface area (Å²) in [7, 11) is -1.87. The van der Waals surface area contributed by atoms with Crippen molar-refractivity contribution in [3.8, 4) is 5.88 Å². The van der Waals surface area contributed by atoms with E-state index in [0.29, 0.717) is 11.0 Å². The van der Waals surface area contributed by atoms with Gasteiger partial charge in [-0.2, -0.15) is 0 Å². The first-order valence-corrected chi connectivity index (χ1v) is 11.3. The molecule has 1 heterocycles. The van der Waals surface area contributed by atoms with E-state index in [1.54, 1.807) is 6.07 Å². The van der Waals surface area contributed by atoms with Crippen LogP contribution in [0.1, 0.15) is 33.6 Å². The zero-order chi connectivity index (χ0) is 17.3. The van der Waals surface area contributed by atoms with Crippen LogP contribution in [0.4, 0.5) is 0 Å². The van der Waals surface area contributed by atoms with Crippen LogP contribution in [0.5, 0.6) is 5.88 Å². The van der Waals surface area contributed by atoms with Crippen molar-refractivity contribution < 1.29 is 14.3 Å². The predicted octanol–water partition coefficient (Wildman–Crippen LogP) is 3.67. The van der Waals surface area contributed by atoms with Gasteiger partial charge in [0.1, 0.15) is 17.6 Å². The van der Waals surface area contributed by atoms with Crippen molar-refractivity contribution in [3.05, 3.63) is 17.5 Å². The SMILES string of the molecule is CC(C)(C)[Si](C)(C)O[C@@H]1C[C@H](Oc2cc(Cl)ncn2)C[C@H]1CO. The quantitative estimate of drug-likeness (QED) is 0.642. The lowest BCUT2D eigenvalue weighted by atomic mass is 10.1.